The number of amides is 1. The van der Waals surface area contributed by atoms with E-state index in [-0.39, 0.29) is 5.91 Å². The molecule has 2 N–H and O–H groups in total. The Morgan fingerprint density at radius 3 is 2.46 bits per heavy atom. The van der Waals surface area contributed by atoms with Crippen molar-refractivity contribution in [3.8, 4) is 0 Å². The number of hydrogen-bond acceptors (Lipinski definition) is 2. The van der Waals surface area contributed by atoms with E-state index in [1.54, 1.807) is 26.0 Å². The molecule has 0 spiro atoms. The van der Waals surface area contributed by atoms with E-state index in [0.29, 0.717) is 5.92 Å². The fraction of sp³-hybridized carbons (Fsp3) is 0.391. The van der Waals surface area contributed by atoms with Gasteiger partial charge in [-0.1, -0.05) is 48.9 Å². The number of carbonyl (C=O) groups excluding carboxylic acids is 1. The number of nitrogens with one attached hydrogen (secondary N) is 2. The summed E-state index contributed by atoms with van der Waals surface area (Å²) in [5.74, 6) is 1.21. The van der Waals surface area contributed by atoms with Crippen LogP contribution in [0, 0.1) is 6.92 Å². The average Bonchev–Trinajstić information content (AvgIpc) is 2.70. The minimum Gasteiger partial charge on any atom is -0.356 e. The smallest absolute Gasteiger partial charge is 0.253 e. The fourth-order valence-corrected chi connectivity index (χ4v) is 2.93. The van der Waals surface area contributed by atoms with Crippen LogP contribution in [0.1, 0.15) is 39.9 Å². The Hall–Kier alpha value is -2.82. The van der Waals surface area contributed by atoms with Gasteiger partial charge in [-0.15, -0.1) is 0 Å². The highest BCUT2D eigenvalue weighted by molar-refractivity contribution is 5.94. The van der Waals surface area contributed by atoms with Crippen molar-refractivity contribution in [2.24, 2.45) is 4.99 Å². The predicted octanol–water partition coefficient (Wildman–Crippen LogP) is 3.21. The quantitative estimate of drug-likeness (QED) is 0.573. The van der Waals surface area contributed by atoms with Crippen LogP contribution in [0.3, 0.4) is 0 Å². The van der Waals surface area contributed by atoms with Crippen molar-refractivity contribution < 1.29 is 4.79 Å². The van der Waals surface area contributed by atoms with E-state index in [2.05, 4.69) is 53.7 Å². The van der Waals surface area contributed by atoms with Crippen molar-refractivity contribution in [2.75, 3.05) is 34.2 Å². The van der Waals surface area contributed by atoms with E-state index in [1.165, 1.54) is 11.1 Å². The molecule has 0 saturated carbocycles. The molecule has 5 heteroatoms. The fourth-order valence-electron chi connectivity index (χ4n) is 2.93. The van der Waals surface area contributed by atoms with E-state index < -0.39 is 0 Å². The molecule has 1 unspecified atom stereocenters. The number of rotatable bonds is 7. The molecular weight excluding hydrogens is 348 g/mol. The van der Waals surface area contributed by atoms with E-state index in [0.717, 1.165) is 36.6 Å². The number of nitrogens with zero attached hydrogens (tertiary/aromatic N) is 2. The van der Waals surface area contributed by atoms with Crippen LogP contribution in [-0.4, -0.2) is 51.0 Å². The van der Waals surface area contributed by atoms with Gasteiger partial charge in [-0.25, -0.2) is 0 Å². The first-order valence-corrected chi connectivity index (χ1v) is 9.72. The molecule has 0 aliphatic heterocycles. The Bertz CT molecular complexity index is 797. The first-order valence-electron chi connectivity index (χ1n) is 9.72. The highest BCUT2D eigenvalue weighted by Crippen LogP contribution is 2.14. The lowest BCUT2D eigenvalue weighted by atomic mass is 10.0. The normalized spacial score (nSPS) is 12.4. The highest BCUT2D eigenvalue weighted by Gasteiger charge is 2.09. The molecule has 0 aromatic heterocycles. The van der Waals surface area contributed by atoms with Gasteiger partial charge in [0.1, 0.15) is 0 Å². The van der Waals surface area contributed by atoms with Crippen molar-refractivity contribution in [1.29, 1.82) is 0 Å². The van der Waals surface area contributed by atoms with Gasteiger partial charge >= 0.3 is 0 Å². The van der Waals surface area contributed by atoms with Crippen molar-refractivity contribution in [3.63, 3.8) is 0 Å². The largest absolute Gasteiger partial charge is 0.356 e. The van der Waals surface area contributed by atoms with Crippen LogP contribution in [0.2, 0.25) is 0 Å². The summed E-state index contributed by atoms with van der Waals surface area (Å²) >= 11 is 0. The third-order valence-electron chi connectivity index (χ3n) is 4.73. The molecule has 0 fully saturated rings. The second kappa shape index (κ2) is 10.5. The lowest BCUT2D eigenvalue weighted by Gasteiger charge is -2.17. The Morgan fingerprint density at radius 1 is 1.11 bits per heavy atom. The van der Waals surface area contributed by atoms with Crippen LogP contribution >= 0.6 is 0 Å². The molecule has 2 aromatic carbocycles. The van der Waals surface area contributed by atoms with E-state index in [9.17, 15) is 4.79 Å². The van der Waals surface area contributed by atoms with Crippen LogP contribution in [0.15, 0.2) is 53.5 Å². The minimum atomic E-state index is 0.0254. The zero-order valence-electron chi connectivity index (χ0n) is 17.6. The maximum absolute atomic E-state index is 12.1. The summed E-state index contributed by atoms with van der Waals surface area (Å²) in [4.78, 5) is 18.0. The Labute approximate surface area is 168 Å². The van der Waals surface area contributed by atoms with E-state index >= 15 is 0 Å². The Balaban J connectivity index is 1.82. The summed E-state index contributed by atoms with van der Waals surface area (Å²) < 4.78 is 0. The van der Waals surface area contributed by atoms with Crippen molar-refractivity contribution in [2.45, 2.75) is 26.2 Å². The molecule has 0 aliphatic carbocycles. The molecule has 2 aromatic rings. The lowest BCUT2D eigenvalue weighted by molar-refractivity contribution is 0.0827. The van der Waals surface area contributed by atoms with E-state index in [4.69, 9.17) is 0 Å². The van der Waals surface area contributed by atoms with Gasteiger partial charge in [-0.2, -0.15) is 0 Å². The Morgan fingerprint density at radius 2 is 1.82 bits per heavy atom. The SMILES string of the molecule is CN=C(NCCc1cccc(C(=O)N(C)C)c1)NCC(C)c1ccc(C)cc1. The van der Waals surface area contributed by atoms with Gasteiger partial charge in [0.2, 0.25) is 0 Å². The van der Waals surface area contributed by atoms with Crippen LogP contribution in [0.5, 0.6) is 0 Å². The second-order valence-electron chi connectivity index (χ2n) is 7.34. The number of carbonyl (C=O) groups is 1. The summed E-state index contributed by atoms with van der Waals surface area (Å²) in [5, 5.41) is 6.74. The molecule has 0 saturated heterocycles. The summed E-state index contributed by atoms with van der Waals surface area (Å²) in [7, 11) is 5.32. The monoisotopic (exact) mass is 380 g/mol. The topological polar surface area (TPSA) is 56.7 Å². The maximum Gasteiger partial charge on any atom is 0.253 e. The first kappa shape index (κ1) is 21.5. The molecule has 0 bridgehead atoms. The summed E-state index contributed by atoms with van der Waals surface area (Å²) in [6.45, 7) is 5.87. The van der Waals surface area contributed by atoms with Crippen LogP contribution in [0.4, 0.5) is 0 Å². The first-order chi connectivity index (χ1) is 13.4. The number of hydrogen-bond donors (Lipinski definition) is 2. The minimum absolute atomic E-state index is 0.0254. The Kier molecular flexibility index (Phi) is 8.05. The molecule has 1 amide bonds. The molecule has 1 atom stereocenters. The van der Waals surface area contributed by atoms with E-state index in [1.807, 2.05) is 24.3 Å². The van der Waals surface area contributed by atoms with Gasteiger partial charge in [0.15, 0.2) is 5.96 Å². The van der Waals surface area contributed by atoms with Gasteiger partial charge < -0.3 is 15.5 Å². The van der Waals surface area contributed by atoms with Gasteiger partial charge in [0.25, 0.3) is 5.91 Å². The molecule has 150 valence electrons. The van der Waals surface area contributed by atoms with Crippen LogP contribution in [0.25, 0.3) is 0 Å². The summed E-state index contributed by atoms with van der Waals surface area (Å²) in [5.41, 5.74) is 4.44. The van der Waals surface area contributed by atoms with Gasteiger partial charge in [-0.3, -0.25) is 9.79 Å². The van der Waals surface area contributed by atoms with Crippen LogP contribution in [-0.2, 0) is 6.42 Å². The lowest BCUT2D eigenvalue weighted by Crippen LogP contribution is -2.39. The summed E-state index contributed by atoms with van der Waals surface area (Å²) in [6, 6.07) is 16.4. The molecule has 0 heterocycles. The van der Waals surface area contributed by atoms with Gasteiger partial charge in [0.05, 0.1) is 0 Å². The zero-order chi connectivity index (χ0) is 20.5. The zero-order valence-corrected chi connectivity index (χ0v) is 17.6. The van der Waals surface area contributed by atoms with Gasteiger partial charge in [-0.05, 0) is 42.5 Å². The number of aliphatic imine (C=N–C) groups is 1. The number of aryl methyl sites for hydroxylation is 1. The predicted molar refractivity (Wildman–Crippen MR) is 117 cm³/mol. The number of benzene rings is 2. The number of guanidine groups is 1. The van der Waals surface area contributed by atoms with Crippen molar-refractivity contribution >= 4 is 11.9 Å². The van der Waals surface area contributed by atoms with Crippen molar-refractivity contribution in [1.82, 2.24) is 15.5 Å². The van der Waals surface area contributed by atoms with Crippen molar-refractivity contribution in [3.05, 3.63) is 70.8 Å². The third kappa shape index (κ3) is 6.41. The second-order valence-corrected chi connectivity index (χ2v) is 7.34. The average molecular weight is 381 g/mol. The summed E-state index contributed by atoms with van der Waals surface area (Å²) in [6.07, 6.45) is 0.822. The third-order valence-corrected chi connectivity index (χ3v) is 4.73. The molecule has 28 heavy (non-hydrogen) atoms. The molecule has 0 radical (unpaired) electrons. The molecule has 0 aliphatic rings. The van der Waals surface area contributed by atoms with Crippen LogP contribution < -0.4 is 10.6 Å². The maximum atomic E-state index is 12.1. The molecular formula is C23H32N4O. The standard InChI is InChI=1S/C23H32N4O/c1-17-9-11-20(12-10-17)18(2)16-26-23(24-3)25-14-13-19-7-6-8-21(15-19)22(28)27(4)5/h6-12,15,18H,13-14,16H2,1-5H3,(H2,24,25,26). The molecule has 5 nitrogen and oxygen atoms in total. The van der Waals surface area contributed by atoms with Gasteiger partial charge in [0, 0.05) is 39.8 Å². The molecule has 2 rings (SSSR count). The highest BCUT2D eigenvalue weighted by atomic mass is 16.2.